The van der Waals surface area contributed by atoms with Crippen LogP contribution >= 0.6 is 11.6 Å². The number of aliphatic hydroxyl groups is 1. The van der Waals surface area contributed by atoms with Gasteiger partial charge in [-0.1, -0.05) is 61.0 Å². The van der Waals surface area contributed by atoms with Crippen molar-refractivity contribution in [2.75, 3.05) is 31.6 Å². The normalized spacial score (nSPS) is 19.1. The molecule has 0 aliphatic carbocycles. The SMILES string of the molecule is C[C@H](C(O)Nc1cncc(F)c1CC[C@@H]1CN[C@H](COC(=O)NCC(F)(F)F)CO1)[C@H](c1ccccc1)c1ccc(Cl)cc1. The van der Waals surface area contributed by atoms with E-state index >= 15 is 0 Å². The molecule has 0 saturated carbocycles. The first-order chi connectivity index (χ1) is 21.0. The molecule has 0 bridgehead atoms. The number of aliphatic hydroxyl groups excluding tert-OH is 1. The smallest absolute Gasteiger partial charge is 0.407 e. The molecule has 1 unspecified atom stereocenters. The lowest BCUT2D eigenvalue weighted by Crippen LogP contribution is -2.49. The maximum absolute atomic E-state index is 15.0. The van der Waals surface area contributed by atoms with Crippen molar-refractivity contribution >= 4 is 23.4 Å². The van der Waals surface area contributed by atoms with Gasteiger partial charge in [-0.15, -0.1) is 0 Å². The lowest BCUT2D eigenvalue weighted by atomic mass is 9.80. The first-order valence-corrected chi connectivity index (χ1v) is 14.6. The summed E-state index contributed by atoms with van der Waals surface area (Å²) in [6.07, 6.45) is -3.73. The predicted molar refractivity (Wildman–Crippen MR) is 158 cm³/mol. The number of carbonyl (C=O) groups excluding carboxylic acids is 1. The Morgan fingerprint density at radius 1 is 1.16 bits per heavy atom. The van der Waals surface area contributed by atoms with E-state index in [2.05, 4.69) is 15.6 Å². The molecule has 2 heterocycles. The van der Waals surface area contributed by atoms with Gasteiger partial charge in [0.05, 0.1) is 36.8 Å². The van der Waals surface area contributed by atoms with Crippen molar-refractivity contribution in [1.82, 2.24) is 15.6 Å². The second-order valence-electron chi connectivity index (χ2n) is 10.7. The van der Waals surface area contributed by atoms with Gasteiger partial charge in [-0.05, 0) is 36.1 Å². The van der Waals surface area contributed by atoms with Gasteiger partial charge in [0.2, 0.25) is 0 Å². The molecule has 0 spiro atoms. The molecule has 13 heteroatoms. The lowest BCUT2D eigenvalue weighted by molar-refractivity contribution is -0.123. The zero-order chi connectivity index (χ0) is 31.7. The van der Waals surface area contributed by atoms with E-state index in [9.17, 15) is 27.5 Å². The van der Waals surface area contributed by atoms with E-state index in [-0.39, 0.29) is 37.6 Å². The standard InChI is InChI=1S/C31H35ClF4N4O4/c1-19(28(20-5-3-2-4-6-20)21-7-9-22(32)10-8-21)29(41)40-27-15-37-14-26(33)25(27)12-11-24-13-38-23(16-43-24)17-44-30(42)39-18-31(34,35)36/h2-10,14-15,19,23-24,28-29,38,40-41H,11-13,16-18H2,1H3,(H,39,42)/t19-,23-,24+,28+,29?/m0/s1. The lowest BCUT2D eigenvalue weighted by Gasteiger charge is -2.31. The third-order valence-corrected chi connectivity index (χ3v) is 7.70. The monoisotopic (exact) mass is 638 g/mol. The van der Waals surface area contributed by atoms with Crippen LogP contribution in [0.2, 0.25) is 5.02 Å². The van der Waals surface area contributed by atoms with E-state index in [0.29, 0.717) is 29.2 Å². The van der Waals surface area contributed by atoms with Crippen LogP contribution in [-0.2, 0) is 15.9 Å². The highest BCUT2D eigenvalue weighted by Crippen LogP contribution is 2.35. The minimum absolute atomic E-state index is 0.156. The third kappa shape index (κ3) is 9.78. The molecule has 1 aromatic heterocycles. The molecular formula is C31H35ClF4N4O4. The molecule has 0 radical (unpaired) electrons. The number of aromatic nitrogens is 1. The highest BCUT2D eigenvalue weighted by Gasteiger charge is 2.30. The van der Waals surface area contributed by atoms with Crippen LogP contribution in [0, 0.1) is 11.7 Å². The number of carbonyl (C=O) groups is 1. The largest absolute Gasteiger partial charge is 0.448 e. The number of rotatable bonds is 12. The quantitative estimate of drug-likeness (QED) is 0.150. The van der Waals surface area contributed by atoms with Gasteiger partial charge in [0.1, 0.15) is 25.2 Å². The predicted octanol–water partition coefficient (Wildman–Crippen LogP) is 5.65. The second kappa shape index (κ2) is 15.5. The molecule has 1 aliphatic heterocycles. The van der Waals surface area contributed by atoms with Crippen molar-refractivity contribution in [1.29, 1.82) is 0 Å². The summed E-state index contributed by atoms with van der Waals surface area (Å²) < 4.78 is 62.3. The summed E-state index contributed by atoms with van der Waals surface area (Å²) in [5.41, 5.74) is 2.70. The van der Waals surface area contributed by atoms with Gasteiger partial charge in [-0.25, -0.2) is 9.18 Å². The summed E-state index contributed by atoms with van der Waals surface area (Å²) in [6, 6.07) is 16.9. The number of hydrogen-bond acceptors (Lipinski definition) is 7. The molecule has 4 rings (SSSR count). The van der Waals surface area contributed by atoms with Crippen LogP contribution in [0.15, 0.2) is 67.0 Å². The Morgan fingerprint density at radius 2 is 1.86 bits per heavy atom. The van der Waals surface area contributed by atoms with E-state index in [0.717, 1.165) is 17.3 Å². The molecule has 238 valence electrons. The van der Waals surface area contributed by atoms with Crippen molar-refractivity contribution in [3.63, 3.8) is 0 Å². The summed E-state index contributed by atoms with van der Waals surface area (Å²) in [6.45, 7) is 0.796. The number of amides is 1. The number of anilines is 1. The minimum atomic E-state index is -4.53. The van der Waals surface area contributed by atoms with Gasteiger partial charge in [0, 0.05) is 29.0 Å². The molecule has 5 atom stereocenters. The fourth-order valence-corrected chi connectivity index (χ4v) is 5.23. The second-order valence-corrected chi connectivity index (χ2v) is 11.1. The van der Waals surface area contributed by atoms with Crippen LogP contribution in [-0.4, -0.2) is 67.0 Å². The van der Waals surface area contributed by atoms with Crippen LogP contribution in [0.3, 0.4) is 0 Å². The third-order valence-electron chi connectivity index (χ3n) is 7.45. The summed E-state index contributed by atoms with van der Waals surface area (Å²) in [4.78, 5) is 15.4. The van der Waals surface area contributed by atoms with Crippen LogP contribution in [0.4, 0.5) is 28.0 Å². The van der Waals surface area contributed by atoms with Crippen LogP contribution in [0.1, 0.15) is 36.0 Å². The molecule has 3 aromatic rings. The first kappa shape index (κ1) is 33.4. The van der Waals surface area contributed by atoms with E-state index in [4.69, 9.17) is 21.1 Å². The fourth-order valence-electron chi connectivity index (χ4n) is 5.11. The number of pyridine rings is 1. The molecule has 44 heavy (non-hydrogen) atoms. The van der Waals surface area contributed by atoms with Crippen molar-refractivity contribution in [3.05, 3.63) is 94.5 Å². The number of hydrogen-bond donors (Lipinski definition) is 4. The number of halogens is 5. The van der Waals surface area contributed by atoms with Gasteiger partial charge in [-0.3, -0.25) is 4.98 Å². The molecule has 2 aromatic carbocycles. The fraction of sp³-hybridized carbons (Fsp3) is 0.419. The van der Waals surface area contributed by atoms with Crippen molar-refractivity contribution in [2.24, 2.45) is 5.92 Å². The zero-order valence-corrected chi connectivity index (χ0v) is 24.7. The van der Waals surface area contributed by atoms with E-state index in [1.165, 1.54) is 6.20 Å². The Hall–Kier alpha value is -3.45. The number of nitrogens with one attached hydrogen (secondary N) is 3. The zero-order valence-electron chi connectivity index (χ0n) is 24.0. The summed E-state index contributed by atoms with van der Waals surface area (Å²) in [5.74, 6) is -1.04. The Bertz CT molecular complexity index is 1340. The number of alkyl carbamates (subject to hydrolysis) is 1. The molecule has 1 saturated heterocycles. The Kier molecular flexibility index (Phi) is 11.8. The molecule has 1 fully saturated rings. The van der Waals surface area contributed by atoms with Crippen LogP contribution in [0.25, 0.3) is 0 Å². The van der Waals surface area contributed by atoms with Crippen molar-refractivity contribution < 1.29 is 36.9 Å². The van der Waals surface area contributed by atoms with Crippen molar-refractivity contribution in [3.8, 4) is 0 Å². The maximum Gasteiger partial charge on any atom is 0.407 e. The minimum Gasteiger partial charge on any atom is -0.448 e. The summed E-state index contributed by atoms with van der Waals surface area (Å²) in [5, 5.41) is 19.8. The summed E-state index contributed by atoms with van der Waals surface area (Å²) in [7, 11) is 0. The molecule has 8 nitrogen and oxygen atoms in total. The highest BCUT2D eigenvalue weighted by atomic mass is 35.5. The van der Waals surface area contributed by atoms with Gasteiger partial charge in [0.25, 0.3) is 0 Å². The van der Waals surface area contributed by atoms with E-state index in [1.807, 2.05) is 49.4 Å². The van der Waals surface area contributed by atoms with Gasteiger partial charge < -0.3 is 30.5 Å². The average Bonchev–Trinajstić information content (AvgIpc) is 3.00. The Morgan fingerprint density at radius 3 is 2.52 bits per heavy atom. The van der Waals surface area contributed by atoms with Gasteiger partial charge in [0.15, 0.2) is 0 Å². The van der Waals surface area contributed by atoms with Gasteiger partial charge in [-0.2, -0.15) is 13.2 Å². The Balaban J connectivity index is 1.33. The number of ether oxygens (including phenoxy) is 2. The van der Waals surface area contributed by atoms with Crippen molar-refractivity contribution in [2.45, 2.75) is 50.2 Å². The first-order valence-electron chi connectivity index (χ1n) is 14.2. The number of benzene rings is 2. The van der Waals surface area contributed by atoms with Crippen LogP contribution < -0.4 is 16.0 Å². The maximum atomic E-state index is 15.0. The van der Waals surface area contributed by atoms with E-state index < -0.39 is 36.9 Å². The molecule has 1 amide bonds. The number of alkyl halides is 3. The van der Waals surface area contributed by atoms with Gasteiger partial charge >= 0.3 is 12.3 Å². The molecule has 1 aliphatic rings. The summed E-state index contributed by atoms with van der Waals surface area (Å²) >= 11 is 6.12. The topological polar surface area (TPSA) is 105 Å². The Labute approximate surface area is 258 Å². The van der Waals surface area contributed by atoms with Crippen LogP contribution in [0.5, 0.6) is 0 Å². The highest BCUT2D eigenvalue weighted by molar-refractivity contribution is 6.30. The van der Waals surface area contributed by atoms with E-state index in [1.54, 1.807) is 17.4 Å². The molecular weight excluding hydrogens is 604 g/mol. The number of morpholine rings is 1. The molecule has 4 N–H and O–H groups in total. The average molecular weight is 639 g/mol. The number of nitrogens with zero attached hydrogens (tertiary/aromatic N) is 1.